The Morgan fingerprint density at radius 2 is 2.30 bits per heavy atom. The maximum atomic E-state index is 12.4. The Morgan fingerprint density at radius 3 is 2.90 bits per heavy atom. The lowest BCUT2D eigenvalue weighted by Crippen LogP contribution is -2.46. The van der Waals surface area contributed by atoms with E-state index in [4.69, 9.17) is 4.74 Å². The summed E-state index contributed by atoms with van der Waals surface area (Å²) < 4.78 is 11.8. The first-order valence-electron chi connectivity index (χ1n) is 5.93. The summed E-state index contributed by atoms with van der Waals surface area (Å²) in [4.78, 5) is 25.4. The number of thiophene rings is 1. The summed E-state index contributed by atoms with van der Waals surface area (Å²) in [7, 11) is 1.34. The lowest BCUT2D eigenvalue weighted by atomic mass is 10.2. The fourth-order valence-electron chi connectivity index (χ4n) is 1.95. The summed E-state index contributed by atoms with van der Waals surface area (Å²) in [6.07, 6.45) is -0.143. The Hall–Kier alpha value is -0.440. The highest BCUT2D eigenvalue weighted by Crippen LogP contribution is 2.32. The van der Waals surface area contributed by atoms with Crippen LogP contribution in [0.25, 0.3) is 0 Å². The number of hydrogen-bond donors (Lipinski definition) is 0. The second-order valence-corrected chi connectivity index (χ2v) is 8.01. The van der Waals surface area contributed by atoms with Crippen LogP contribution in [0.4, 0.5) is 0 Å². The van der Waals surface area contributed by atoms with E-state index in [0.29, 0.717) is 25.3 Å². The van der Waals surface area contributed by atoms with Crippen LogP contribution in [0.5, 0.6) is 0 Å². The second-order valence-electron chi connectivity index (χ2n) is 4.26. The average molecular weight is 427 g/mol. The van der Waals surface area contributed by atoms with Crippen molar-refractivity contribution in [3.8, 4) is 0 Å². The number of ether oxygens (including phenoxy) is 2. The summed E-state index contributed by atoms with van der Waals surface area (Å²) in [5.41, 5.74) is 0.626. The molecule has 1 atom stereocenters. The van der Waals surface area contributed by atoms with Gasteiger partial charge in [0.25, 0.3) is 5.91 Å². The van der Waals surface area contributed by atoms with Crippen LogP contribution >= 0.6 is 43.2 Å². The molecule has 1 saturated heterocycles. The molecular formula is C12H13Br2NO4S. The quantitative estimate of drug-likeness (QED) is 0.697. The number of methoxy groups -OCH3 is 1. The molecule has 8 heteroatoms. The molecule has 2 rings (SSSR count). The highest BCUT2D eigenvalue weighted by Gasteiger charge is 2.28. The van der Waals surface area contributed by atoms with Crippen molar-refractivity contribution in [3.63, 3.8) is 0 Å². The number of carbonyl (C=O) groups is 2. The van der Waals surface area contributed by atoms with E-state index in [0.717, 1.165) is 7.57 Å². The number of amides is 1. The predicted molar refractivity (Wildman–Crippen MR) is 82.0 cm³/mol. The van der Waals surface area contributed by atoms with Gasteiger partial charge in [0.05, 0.1) is 39.4 Å². The normalized spacial score (nSPS) is 18.9. The smallest absolute Gasteiger partial charge is 0.308 e. The number of halogens is 2. The Balaban J connectivity index is 2.03. The zero-order valence-corrected chi connectivity index (χ0v) is 14.7. The molecule has 1 aromatic rings. The second kappa shape index (κ2) is 7.02. The average Bonchev–Trinajstić information content (AvgIpc) is 2.77. The molecule has 5 nitrogen and oxygen atoms in total. The molecule has 20 heavy (non-hydrogen) atoms. The lowest BCUT2D eigenvalue weighted by Gasteiger charge is -2.32. The van der Waals surface area contributed by atoms with Gasteiger partial charge in [-0.1, -0.05) is 0 Å². The number of nitrogens with zero attached hydrogens (tertiary/aromatic N) is 1. The standard InChI is InChI=1S/C12H13Br2NO4S/c1-18-10(16)4-7-6-15(2-3-19-7)12(17)8-5-9(13)20-11(8)14/h5,7H,2-4,6H2,1H3. The molecule has 0 saturated carbocycles. The van der Waals surface area contributed by atoms with E-state index in [-0.39, 0.29) is 24.4 Å². The Labute approximate surface area is 137 Å². The molecule has 110 valence electrons. The van der Waals surface area contributed by atoms with Crippen molar-refractivity contribution >= 4 is 55.1 Å². The van der Waals surface area contributed by atoms with E-state index in [1.54, 1.807) is 11.0 Å². The van der Waals surface area contributed by atoms with Crippen LogP contribution in [0.2, 0.25) is 0 Å². The van der Waals surface area contributed by atoms with Crippen LogP contribution < -0.4 is 0 Å². The van der Waals surface area contributed by atoms with E-state index in [1.807, 2.05) is 0 Å². The first kappa shape index (κ1) is 15.9. The molecule has 1 fully saturated rings. The highest BCUT2D eigenvalue weighted by atomic mass is 79.9. The molecule has 0 spiro atoms. The van der Waals surface area contributed by atoms with Gasteiger partial charge in [0, 0.05) is 13.1 Å². The molecule has 1 unspecified atom stereocenters. The van der Waals surface area contributed by atoms with Gasteiger partial charge < -0.3 is 14.4 Å². The third-order valence-corrected chi connectivity index (χ3v) is 5.27. The number of hydrogen-bond acceptors (Lipinski definition) is 5. The molecule has 2 heterocycles. The summed E-state index contributed by atoms with van der Waals surface area (Å²) in [6.45, 7) is 1.35. The molecule has 0 aliphatic carbocycles. The molecule has 1 amide bonds. The van der Waals surface area contributed by atoms with Gasteiger partial charge in [-0.25, -0.2) is 0 Å². The maximum absolute atomic E-state index is 12.4. The van der Waals surface area contributed by atoms with Gasteiger partial charge in [-0.3, -0.25) is 9.59 Å². The van der Waals surface area contributed by atoms with Gasteiger partial charge in [0.15, 0.2) is 0 Å². The summed E-state index contributed by atoms with van der Waals surface area (Å²) in [5.74, 6) is -0.388. The van der Waals surface area contributed by atoms with E-state index in [1.165, 1.54) is 18.4 Å². The van der Waals surface area contributed by atoms with E-state index in [2.05, 4.69) is 36.6 Å². The van der Waals surface area contributed by atoms with Crippen LogP contribution in [0, 0.1) is 0 Å². The van der Waals surface area contributed by atoms with Gasteiger partial charge >= 0.3 is 5.97 Å². The monoisotopic (exact) mass is 425 g/mol. The Morgan fingerprint density at radius 1 is 1.55 bits per heavy atom. The SMILES string of the molecule is COC(=O)CC1CN(C(=O)c2cc(Br)sc2Br)CCO1. The van der Waals surface area contributed by atoms with Crippen molar-refractivity contribution in [2.24, 2.45) is 0 Å². The van der Waals surface area contributed by atoms with Crippen molar-refractivity contribution < 1.29 is 19.1 Å². The van der Waals surface area contributed by atoms with Crippen molar-refractivity contribution in [2.45, 2.75) is 12.5 Å². The molecule has 1 aliphatic heterocycles. The van der Waals surface area contributed by atoms with E-state index < -0.39 is 0 Å². The van der Waals surface area contributed by atoms with Gasteiger partial charge in [-0.05, 0) is 37.9 Å². The number of morpholine rings is 1. The minimum absolute atomic E-state index is 0.0583. The van der Waals surface area contributed by atoms with Gasteiger partial charge in [-0.2, -0.15) is 0 Å². The first-order valence-corrected chi connectivity index (χ1v) is 8.34. The van der Waals surface area contributed by atoms with Crippen molar-refractivity contribution in [2.75, 3.05) is 26.8 Å². The van der Waals surface area contributed by atoms with Crippen molar-refractivity contribution in [3.05, 3.63) is 19.2 Å². The Bertz CT molecular complexity index is 520. The molecule has 0 radical (unpaired) electrons. The number of esters is 1. The summed E-state index contributed by atoms with van der Waals surface area (Å²) in [6, 6.07) is 1.79. The molecule has 1 aromatic heterocycles. The van der Waals surface area contributed by atoms with Crippen molar-refractivity contribution in [1.29, 1.82) is 0 Å². The van der Waals surface area contributed by atoms with Gasteiger partial charge in [-0.15, -0.1) is 11.3 Å². The van der Waals surface area contributed by atoms with Gasteiger partial charge in [0.1, 0.15) is 0 Å². The molecule has 0 N–H and O–H groups in total. The van der Waals surface area contributed by atoms with Crippen LogP contribution in [0.15, 0.2) is 13.6 Å². The Kier molecular flexibility index (Phi) is 5.59. The molecule has 0 aromatic carbocycles. The van der Waals surface area contributed by atoms with Crippen LogP contribution in [0.1, 0.15) is 16.8 Å². The van der Waals surface area contributed by atoms with E-state index >= 15 is 0 Å². The molecular weight excluding hydrogens is 414 g/mol. The van der Waals surface area contributed by atoms with Crippen molar-refractivity contribution in [1.82, 2.24) is 4.90 Å². The number of carbonyl (C=O) groups excluding carboxylic acids is 2. The summed E-state index contributed by atoms with van der Waals surface area (Å²) >= 11 is 8.20. The lowest BCUT2D eigenvalue weighted by molar-refractivity contribution is -0.145. The minimum Gasteiger partial charge on any atom is -0.469 e. The zero-order chi connectivity index (χ0) is 14.7. The molecule has 0 bridgehead atoms. The summed E-state index contributed by atoms with van der Waals surface area (Å²) in [5, 5.41) is 0. The number of rotatable bonds is 3. The topological polar surface area (TPSA) is 55.8 Å². The third kappa shape index (κ3) is 3.81. The fourth-order valence-corrected chi connectivity index (χ4v) is 4.73. The predicted octanol–water partition coefficient (Wildman–Crippen LogP) is 2.68. The zero-order valence-electron chi connectivity index (χ0n) is 10.7. The fraction of sp³-hybridized carbons (Fsp3) is 0.500. The first-order chi connectivity index (χ1) is 9.51. The van der Waals surface area contributed by atoms with Crippen LogP contribution in [-0.2, 0) is 14.3 Å². The largest absolute Gasteiger partial charge is 0.469 e. The minimum atomic E-state index is -0.330. The maximum Gasteiger partial charge on any atom is 0.308 e. The van der Waals surface area contributed by atoms with Gasteiger partial charge in [0.2, 0.25) is 0 Å². The van der Waals surface area contributed by atoms with E-state index in [9.17, 15) is 9.59 Å². The highest BCUT2D eigenvalue weighted by molar-refractivity contribution is 9.12. The van der Waals surface area contributed by atoms with Crippen LogP contribution in [0.3, 0.4) is 0 Å². The van der Waals surface area contributed by atoms with Crippen LogP contribution in [-0.4, -0.2) is 49.7 Å². The third-order valence-electron chi connectivity index (χ3n) is 2.94. The molecule has 1 aliphatic rings.